The summed E-state index contributed by atoms with van der Waals surface area (Å²) in [5.74, 6) is -0.134. The number of carbonyl (C=O) groups is 1. The van der Waals surface area contributed by atoms with Crippen LogP contribution in [0.5, 0.6) is 0 Å². The van der Waals surface area contributed by atoms with Gasteiger partial charge in [-0.1, -0.05) is 17.7 Å². The zero-order valence-electron chi connectivity index (χ0n) is 19.7. The van der Waals surface area contributed by atoms with Gasteiger partial charge in [0.15, 0.2) is 5.65 Å². The van der Waals surface area contributed by atoms with Gasteiger partial charge in [0.25, 0.3) is 5.91 Å². The van der Waals surface area contributed by atoms with Crippen molar-refractivity contribution in [3.8, 4) is 0 Å². The number of carbonyl (C=O) groups excluding carboxylic acids is 1. The summed E-state index contributed by atoms with van der Waals surface area (Å²) in [4.78, 5) is 18.0. The zero-order chi connectivity index (χ0) is 22.8. The Hall–Kier alpha value is -2.93. The Kier molecular flexibility index (Phi) is 6.46. The van der Waals surface area contributed by atoms with Crippen molar-refractivity contribution in [3.05, 3.63) is 52.3 Å². The molecule has 1 amide bonds. The van der Waals surface area contributed by atoms with Crippen molar-refractivity contribution in [2.75, 3.05) is 18.5 Å². The number of benzene rings is 1. The quantitative estimate of drug-likeness (QED) is 0.598. The zero-order valence-corrected chi connectivity index (χ0v) is 19.7. The Morgan fingerprint density at radius 2 is 1.88 bits per heavy atom. The lowest BCUT2D eigenvalue weighted by Gasteiger charge is -2.26. The van der Waals surface area contributed by atoms with Crippen LogP contribution in [0.3, 0.4) is 0 Å². The number of aromatic nitrogens is 3. The number of hydrogen-bond donors (Lipinski definition) is 2. The van der Waals surface area contributed by atoms with Crippen LogP contribution in [0.2, 0.25) is 0 Å². The molecule has 7 nitrogen and oxygen atoms in total. The first kappa shape index (κ1) is 22.3. The third kappa shape index (κ3) is 4.35. The van der Waals surface area contributed by atoms with E-state index in [9.17, 15) is 4.79 Å². The van der Waals surface area contributed by atoms with E-state index in [4.69, 9.17) is 4.74 Å². The molecule has 0 radical (unpaired) electrons. The Morgan fingerprint density at radius 3 is 2.53 bits per heavy atom. The van der Waals surface area contributed by atoms with Crippen LogP contribution in [-0.2, 0) is 11.3 Å². The minimum atomic E-state index is -0.134. The summed E-state index contributed by atoms with van der Waals surface area (Å²) >= 11 is 0. The summed E-state index contributed by atoms with van der Waals surface area (Å²) in [7, 11) is 0. The van der Waals surface area contributed by atoms with E-state index in [0.29, 0.717) is 5.56 Å². The van der Waals surface area contributed by atoms with Gasteiger partial charge in [0.1, 0.15) is 0 Å². The molecule has 1 atom stereocenters. The number of pyridine rings is 1. The predicted molar refractivity (Wildman–Crippen MR) is 127 cm³/mol. The molecular weight excluding hydrogens is 402 g/mol. The lowest BCUT2D eigenvalue weighted by molar-refractivity contribution is 0.0903. The number of hydrogen-bond acceptors (Lipinski definition) is 5. The minimum Gasteiger partial charge on any atom is -0.381 e. The molecule has 4 rings (SSSR count). The standard InChI is InChI=1S/C25H33N5O2/c1-6-30-24-20(14-27-30)23(29-19-7-9-32-10-8-19)21(13-26-24)25(31)28-18(5)22-16(3)11-15(2)12-17(22)4/h11-14,18-19H,6-10H2,1-5H3,(H,26,29)(H,28,31)/t18-/m1/s1. The Balaban J connectivity index is 1.68. The predicted octanol–water partition coefficient (Wildman–Crippen LogP) is 4.46. The maximum atomic E-state index is 13.5. The van der Waals surface area contributed by atoms with Crippen LogP contribution >= 0.6 is 0 Å². The van der Waals surface area contributed by atoms with Crippen molar-refractivity contribution >= 4 is 22.6 Å². The fourth-order valence-electron chi connectivity index (χ4n) is 4.85. The molecule has 0 aliphatic carbocycles. The molecule has 170 valence electrons. The Bertz CT molecular complexity index is 1110. The molecule has 2 N–H and O–H groups in total. The number of nitrogens with one attached hydrogen (secondary N) is 2. The van der Waals surface area contributed by atoms with Gasteiger partial charge in [-0.05, 0) is 64.2 Å². The van der Waals surface area contributed by atoms with E-state index in [1.807, 2.05) is 24.7 Å². The minimum absolute atomic E-state index is 0.118. The highest BCUT2D eigenvalue weighted by Gasteiger charge is 2.23. The SMILES string of the molecule is CCn1ncc2c(NC3CCOCC3)c(C(=O)N[C@H](C)c3c(C)cc(C)cc3C)cnc21. The monoisotopic (exact) mass is 435 g/mol. The molecule has 0 bridgehead atoms. The highest BCUT2D eigenvalue weighted by molar-refractivity contribution is 6.06. The van der Waals surface area contributed by atoms with Crippen molar-refractivity contribution in [3.63, 3.8) is 0 Å². The van der Waals surface area contributed by atoms with Crippen molar-refractivity contribution in [1.29, 1.82) is 0 Å². The smallest absolute Gasteiger partial charge is 0.255 e. The topological polar surface area (TPSA) is 81.1 Å². The fraction of sp³-hybridized carbons (Fsp3) is 0.480. The normalized spacial score (nSPS) is 15.7. The second-order valence-corrected chi connectivity index (χ2v) is 8.78. The molecule has 0 saturated carbocycles. The number of ether oxygens (including phenoxy) is 1. The first-order valence-corrected chi connectivity index (χ1v) is 11.5. The second kappa shape index (κ2) is 9.28. The summed E-state index contributed by atoms with van der Waals surface area (Å²) in [5, 5.41) is 12.2. The molecule has 1 aliphatic heterocycles. The maximum Gasteiger partial charge on any atom is 0.255 e. The number of fused-ring (bicyclic) bond motifs is 1. The summed E-state index contributed by atoms with van der Waals surface area (Å²) in [5.41, 5.74) is 6.92. The lowest BCUT2D eigenvalue weighted by Crippen LogP contribution is -2.31. The van der Waals surface area contributed by atoms with E-state index in [1.165, 1.54) is 16.7 Å². The van der Waals surface area contributed by atoms with Gasteiger partial charge in [0.2, 0.25) is 0 Å². The van der Waals surface area contributed by atoms with Crippen LogP contribution in [0.15, 0.2) is 24.5 Å². The largest absolute Gasteiger partial charge is 0.381 e. The summed E-state index contributed by atoms with van der Waals surface area (Å²) < 4.78 is 7.36. The van der Waals surface area contributed by atoms with Gasteiger partial charge >= 0.3 is 0 Å². The van der Waals surface area contributed by atoms with Crippen molar-refractivity contribution < 1.29 is 9.53 Å². The first-order chi connectivity index (χ1) is 15.4. The maximum absolute atomic E-state index is 13.5. The molecule has 3 aromatic rings. The second-order valence-electron chi connectivity index (χ2n) is 8.78. The number of rotatable bonds is 6. The van der Waals surface area contributed by atoms with Gasteiger partial charge in [0, 0.05) is 32.0 Å². The van der Waals surface area contributed by atoms with E-state index in [-0.39, 0.29) is 18.0 Å². The van der Waals surface area contributed by atoms with E-state index in [1.54, 1.807) is 6.20 Å². The lowest BCUT2D eigenvalue weighted by atomic mass is 9.94. The molecule has 1 aliphatic rings. The summed E-state index contributed by atoms with van der Waals surface area (Å²) in [6.07, 6.45) is 5.30. The van der Waals surface area contributed by atoms with Crippen LogP contribution in [0, 0.1) is 20.8 Å². The molecule has 1 fully saturated rings. The molecule has 0 unspecified atom stereocenters. The van der Waals surface area contributed by atoms with E-state index < -0.39 is 0 Å². The number of anilines is 1. The highest BCUT2D eigenvalue weighted by atomic mass is 16.5. The molecule has 3 heterocycles. The Labute approximate surface area is 189 Å². The van der Waals surface area contributed by atoms with E-state index in [0.717, 1.165) is 54.9 Å². The van der Waals surface area contributed by atoms with Crippen LogP contribution in [0.1, 0.15) is 65.3 Å². The van der Waals surface area contributed by atoms with Crippen LogP contribution in [0.25, 0.3) is 11.0 Å². The molecule has 7 heteroatoms. The third-order valence-corrected chi connectivity index (χ3v) is 6.30. The number of amides is 1. The van der Waals surface area contributed by atoms with Crippen molar-refractivity contribution in [2.45, 2.75) is 66.1 Å². The molecule has 0 spiro atoms. The molecule has 32 heavy (non-hydrogen) atoms. The average Bonchev–Trinajstić information content (AvgIpc) is 3.17. The average molecular weight is 436 g/mol. The molecule has 2 aromatic heterocycles. The van der Waals surface area contributed by atoms with Gasteiger partial charge < -0.3 is 15.4 Å². The first-order valence-electron chi connectivity index (χ1n) is 11.5. The Morgan fingerprint density at radius 1 is 1.19 bits per heavy atom. The number of nitrogens with zero attached hydrogens (tertiary/aromatic N) is 3. The van der Waals surface area contributed by atoms with Gasteiger partial charge in [-0.25, -0.2) is 9.67 Å². The van der Waals surface area contributed by atoms with Gasteiger partial charge in [-0.2, -0.15) is 5.10 Å². The molecule has 1 saturated heterocycles. The van der Waals surface area contributed by atoms with E-state index >= 15 is 0 Å². The summed E-state index contributed by atoms with van der Waals surface area (Å²) in [6.45, 7) is 12.5. The molecule has 1 aromatic carbocycles. The highest BCUT2D eigenvalue weighted by Crippen LogP contribution is 2.30. The molecular formula is C25H33N5O2. The van der Waals surface area contributed by atoms with Crippen LogP contribution in [0.4, 0.5) is 5.69 Å². The van der Waals surface area contributed by atoms with Crippen molar-refractivity contribution in [2.24, 2.45) is 0 Å². The third-order valence-electron chi connectivity index (χ3n) is 6.30. The van der Waals surface area contributed by atoms with Gasteiger partial charge in [-0.3, -0.25) is 4.79 Å². The van der Waals surface area contributed by atoms with Crippen molar-refractivity contribution in [1.82, 2.24) is 20.1 Å². The fourth-order valence-corrected chi connectivity index (χ4v) is 4.85. The van der Waals surface area contributed by atoms with Crippen LogP contribution in [-0.4, -0.2) is 39.9 Å². The van der Waals surface area contributed by atoms with Crippen LogP contribution < -0.4 is 10.6 Å². The van der Waals surface area contributed by atoms with Gasteiger partial charge in [-0.15, -0.1) is 0 Å². The summed E-state index contributed by atoms with van der Waals surface area (Å²) in [6, 6.07) is 4.46. The number of aryl methyl sites for hydroxylation is 4. The van der Waals surface area contributed by atoms with E-state index in [2.05, 4.69) is 53.6 Å². The van der Waals surface area contributed by atoms with Gasteiger partial charge in [0.05, 0.1) is 28.9 Å².